The SMILES string of the molecule is C=CC(=O)OCCOC(=O)CCCC(=O)OCCOC(=O)C=C. The highest BCUT2D eigenvalue weighted by molar-refractivity contribution is 5.81. The van der Waals surface area contributed by atoms with Crippen LogP contribution in [-0.2, 0) is 38.1 Å². The molecule has 0 amide bonds. The Morgan fingerprint density at radius 1 is 0.652 bits per heavy atom. The van der Waals surface area contributed by atoms with E-state index < -0.39 is 23.9 Å². The average molecular weight is 328 g/mol. The standard InChI is InChI=1S/C15H20O8/c1-3-12(16)20-8-10-22-14(18)6-5-7-15(19)23-11-9-21-13(17)4-2/h3-4H,1-2,5-11H2. The van der Waals surface area contributed by atoms with E-state index in [1.165, 1.54) is 0 Å². The van der Waals surface area contributed by atoms with Gasteiger partial charge in [0, 0.05) is 25.0 Å². The van der Waals surface area contributed by atoms with Gasteiger partial charge in [-0.2, -0.15) is 0 Å². The molecule has 128 valence electrons. The molecule has 0 radical (unpaired) electrons. The molecule has 23 heavy (non-hydrogen) atoms. The molecule has 0 aromatic rings. The van der Waals surface area contributed by atoms with Crippen molar-refractivity contribution in [3.05, 3.63) is 25.3 Å². The minimum atomic E-state index is -0.595. The van der Waals surface area contributed by atoms with Crippen molar-refractivity contribution >= 4 is 23.9 Å². The average Bonchev–Trinajstić information content (AvgIpc) is 2.54. The van der Waals surface area contributed by atoms with Crippen molar-refractivity contribution in [3.63, 3.8) is 0 Å². The van der Waals surface area contributed by atoms with Crippen molar-refractivity contribution in [1.29, 1.82) is 0 Å². The van der Waals surface area contributed by atoms with Crippen LogP contribution in [0.2, 0.25) is 0 Å². The van der Waals surface area contributed by atoms with Crippen LogP contribution in [0.4, 0.5) is 0 Å². The largest absolute Gasteiger partial charge is 0.462 e. The zero-order valence-corrected chi connectivity index (χ0v) is 12.8. The van der Waals surface area contributed by atoms with Gasteiger partial charge in [0.1, 0.15) is 26.4 Å². The second-order valence-corrected chi connectivity index (χ2v) is 4.04. The number of esters is 4. The molecule has 0 aliphatic rings. The van der Waals surface area contributed by atoms with Gasteiger partial charge in [0.25, 0.3) is 0 Å². The molecule has 0 unspecified atom stereocenters. The molecule has 0 saturated heterocycles. The number of carbonyl (C=O) groups is 4. The predicted molar refractivity (Wildman–Crippen MR) is 78.1 cm³/mol. The van der Waals surface area contributed by atoms with Gasteiger partial charge in [-0.25, -0.2) is 9.59 Å². The lowest BCUT2D eigenvalue weighted by Crippen LogP contribution is -2.14. The van der Waals surface area contributed by atoms with E-state index in [1.807, 2.05) is 0 Å². The Balaban J connectivity index is 3.53. The summed E-state index contributed by atoms with van der Waals surface area (Å²) < 4.78 is 18.8. The molecule has 0 heterocycles. The zero-order chi connectivity index (χ0) is 17.5. The van der Waals surface area contributed by atoms with Crippen LogP contribution in [0.25, 0.3) is 0 Å². The third-order valence-corrected chi connectivity index (χ3v) is 2.28. The van der Waals surface area contributed by atoms with Crippen LogP contribution in [0.1, 0.15) is 19.3 Å². The second-order valence-electron chi connectivity index (χ2n) is 4.04. The third kappa shape index (κ3) is 12.8. The predicted octanol–water partition coefficient (Wildman–Crippen LogP) is 0.701. The van der Waals surface area contributed by atoms with Gasteiger partial charge in [-0.3, -0.25) is 9.59 Å². The molecular weight excluding hydrogens is 308 g/mol. The van der Waals surface area contributed by atoms with Crippen molar-refractivity contribution in [2.75, 3.05) is 26.4 Å². The summed E-state index contributed by atoms with van der Waals surface area (Å²) in [6.45, 7) is 6.21. The topological polar surface area (TPSA) is 105 Å². The highest BCUT2D eigenvalue weighted by atomic mass is 16.6. The summed E-state index contributed by atoms with van der Waals surface area (Å²) in [7, 11) is 0. The van der Waals surface area contributed by atoms with E-state index in [1.54, 1.807) is 0 Å². The minimum absolute atomic E-state index is 0.0377. The summed E-state index contributed by atoms with van der Waals surface area (Å²) in [4.78, 5) is 44.0. The Kier molecular flexibility index (Phi) is 11.6. The Hall–Kier alpha value is -2.64. The third-order valence-electron chi connectivity index (χ3n) is 2.28. The first kappa shape index (κ1) is 20.4. The lowest BCUT2D eigenvalue weighted by atomic mass is 10.2. The molecule has 0 aliphatic carbocycles. The van der Waals surface area contributed by atoms with Gasteiger partial charge in [0.2, 0.25) is 0 Å². The summed E-state index contributed by atoms with van der Waals surface area (Å²) in [5.41, 5.74) is 0. The Bertz CT molecular complexity index is 401. The van der Waals surface area contributed by atoms with Crippen molar-refractivity contribution in [2.45, 2.75) is 19.3 Å². The quantitative estimate of drug-likeness (QED) is 0.223. The van der Waals surface area contributed by atoms with E-state index in [0.29, 0.717) is 0 Å². The number of ether oxygens (including phenoxy) is 4. The molecule has 0 rings (SSSR count). The fourth-order valence-electron chi connectivity index (χ4n) is 1.23. The summed E-state index contributed by atoms with van der Waals surface area (Å²) >= 11 is 0. The van der Waals surface area contributed by atoms with Crippen molar-refractivity contribution in [1.82, 2.24) is 0 Å². The summed E-state index contributed by atoms with van der Waals surface area (Å²) in [5, 5.41) is 0. The molecule has 0 bridgehead atoms. The Labute approximate surface area is 134 Å². The van der Waals surface area contributed by atoms with Crippen LogP contribution in [0.5, 0.6) is 0 Å². The first-order chi connectivity index (χ1) is 11.0. The van der Waals surface area contributed by atoms with Crippen LogP contribution in [0.15, 0.2) is 25.3 Å². The molecule has 0 fully saturated rings. The first-order valence-corrected chi connectivity index (χ1v) is 6.89. The molecule has 0 aromatic carbocycles. The van der Waals surface area contributed by atoms with Crippen molar-refractivity contribution in [2.24, 2.45) is 0 Å². The summed E-state index contributed by atoms with van der Waals surface area (Å²) in [6.07, 6.45) is 2.35. The van der Waals surface area contributed by atoms with Gasteiger partial charge in [-0.15, -0.1) is 0 Å². The molecule has 0 aliphatic heterocycles. The summed E-state index contributed by atoms with van der Waals surface area (Å²) in [5.74, 6) is -2.20. The van der Waals surface area contributed by atoms with Crippen LogP contribution in [0, 0.1) is 0 Å². The van der Waals surface area contributed by atoms with E-state index in [-0.39, 0.29) is 45.7 Å². The normalized spacial score (nSPS) is 9.39. The number of hydrogen-bond donors (Lipinski definition) is 0. The van der Waals surface area contributed by atoms with Gasteiger partial charge < -0.3 is 18.9 Å². The zero-order valence-electron chi connectivity index (χ0n) is 12.8. The van der Waals surface area contributed by atoms with E-state index in [0.717, 1.165) is 12.2 Å². The van der Waals surface area contributed by atoms with Crippen LogP contribution >= 0.6 is 0 Å². The molecule has 0 aromatic heterocycles. The smallest absolute Gasteiger partial charge is 0.330 e. The first-order valence-electron chi connectivity index (χ1n) is 6.89. The maximum absolute atomic E-state index is 11.3. The van der Waals surface area contributed by atoms with Gasteiger partial charge in [-0.1, -0.05) is 13.2 Å². The van der Waals surface area contributed by atoms with E-state index >= 15 is 0 Å². The molecule has 0 atom stereocenters. The lowest BCUT2D eigenvalue weighted by molar-refractivity contribution is -0.151. The fourth-order valence-corrected chi connectivity index (χ4v) is 1.23. The molecule has 0 N–H and O–H groups in total. The summed E-state index contributed by atoms with van der Waals surface area (Å²) in [6, 6.07) is 0. The van der Waals surface area contributed by atoms with E-state index in [9.17, 15) is 19.2 Å². The van der Waals surface area contributed by atoms with Gasteiger partial charge >= 0.3 is 23.9 Å². The Morgan fingerprint density at radius 3 is 1.35 bits per heavy atom. The lowest BCUT2D eigenvalue weighted by Gasteiger charge is -2.06. The second kappa shape index (κ2) is 13.1. The van der Waals surface area contributed by atoms with Crippen LogP contribution in [-0.4, -0.2) is 50.3 Å². The number of rotatable bonds is 12. The Morgan fingerprint density at radius 2 is 1.00 bits per heavy atom. The van der Waals surface area contributed by atoms with Gasteiger partial charge in [0.05, 0.1) is 0 Å². The molecule has 8 nitrogen and oxygen atoms in total. The minimum Gasteiger partial charge on any atom is -0.462 e. The van der Waals surface area contributed by atoms with Gasteiger partial charge in [-0.05, 0) is 6.42 Å². The molecule has 0 spiro atoms. The fraction of sp³-hybridized carbons (Fsp3) is 0.467. The molecule has 0 saturated carbocycles. The van der Waals surface area contributed by atoms with E-state index in [2.05, 4.69) is 22.6 Å². The van der Waals surface area contributed by atoms with Crippen molar-refractivity contribution < 1.29 is 38.1 Å². The maximum Gasteiger partial charge on any atom is 0.330 e. The van der Waals surface area contributed by atoms with Crippen LogP contribution < -0.4 is 0 Å². The monoisotopic (exact) mass is 328 g/mol. The molecular formula is C15H20O8. The maximum atomic E-state index is 11.3. The highest BCUT2D eigenvalue weighted by Crippen LogP contribution is 2.00. The van der Waals surface area contributed by atoms with E-state index in [4.69, 9.17) is 9.47 Å². The van der Waals surface area contributed by atoms with Crippen LogP contribution in [0.3, 0.4) is 0 Å². The number of carbonyl (C=O) groups excluding carboxylic acids is 4. The molecule has 8 heteroatoms. The highest BCUT2D eigenvalue weighted by Gasteiger charge is 2.08. The number of hydrogen-bond acceptors (Lipinski definition) is 8. The van der Waals surface area contributed by atoms with Crippen molar-refractivity contribution in [3.8, 4) is 0 Å². The van der Waals surface area contributed by atoms with Gasteiger partial charge in [0.15, 0.2) is 0 Å².